The SMILES string of the molecule is [C-]1=CCCCC1. The fourth-order valence-electron chi connectivity index (χ4n) is 0.678. The molecule has 0 radical (unpaired) electrons. The van der Waals surface area contributed by atoms with E-state index in [0.717, 1.165) is 0 Å². The second kappa shape index (κ2) is 2.01. The van der Waals surface area contributed by atoms with Crippen molar-refractivity contribution < 1.29 is 0 Å². The molecule has 0 spiro atoms. The molecule has 0 unspecified atom stereocenters. The first-order valence-corrected chi connectivity index (χ1v) is 2.55. The average molecular weight is 81.1 g/mol. The summed E-state index contributed by atoms with van der Waals surface area (Å²) in [6.45, 7) is 0. The van der Waals surface area contributed by atoms with E-state index in [-0.39, 0.29) is 0 Å². The summed E-state index contributed by atoms with van der Waals surface area (Å²) in [5.41, 5.74) is 0. The number of allylic oxidation sites excluding steroid dienone is 2. The molecule has 0 heteroatoms. The van der Waals surface area contributed by atoms with E-state index in [4.69, 9.17) is 0 Å². The Hall–Kier alpha value is -0.260. The predicted octanol–water partition coefficient (Wildman–Crippen LogP) is 1.92. The summed E-state index contributed by atoms with van der Waals surface area (Å²) in [5, 5.41) is 0. The Kier molecular flexibility index (Phi) is 1.31. The molecule has 0 atom stereocenters. The fraction of sp³-hybridized carbons (Fsp3) is 0.667. The summed E-state index contributed by atoms with van der Waals surface area (Å²) >= 11 is 0. The molecule has 0 amide bonds. The Morgan fingerprint density at radius 3 is 2.50 bits per heavy atom. The monoisotopic (exact) mass is 81.1 g/mol. The van der Waals surface area contributed by atoms with Crippen LogP contribution >= 0.6 is 0 Å². The molecule has 1 aliphatic rings. The van der Waals surface area contributed by atoms with Gasteiger partial charge in [0, 0.05) is 0 Å². The zero-order chi connectivity index (χ0) is 4.24. The Balaban J connectivity index is 2.26. The molecule has 0 bridgehead atoms. The lowest BCUT2D eigenvalue weighted by atomic mass is 10.1. The first kappa shape index (κ1) is 3.91. The van der Waals surface area contributed by atoms with Crippen LogP contribution in [0.2, 0.25) is 0 Å². The van der Waals surface area contributed by atoms with Crippen molar-refractivity contribution in [3.8, 4) is 0 Å². The van der Waals surface area contributed by atoms with E-state index in [1.54, 1.807) is 0 Å². The zero-order valence-electron chi connectivity index (χ0n) is 3.91. The first-order chi connectivity index (χ1) is 3.00. The minimum absolute atomic E-state index is 1.19. The lowest BCUT2D eigenvalue weighted by Gasteiger charge is -2.10. The van der Waals surface area contributed by atoms with Crippen LogP contribution in [-0.4, -0.2) is 0 Å². The van der Waals surface area contributed by atoms with Crippen LogP contribution in [0, 0.1) is 6.08 Å². The van der Waals surface area contributed by atoms with Gasteiger partial charge in [0.25, 0.3) is 0 Å². The maximum Gasteiger partial charge on any atom is -0.0548 e. The van der Waals surface area contributed by atoms with Gasteiger partial charge in [-0.05, 0) is 0 Å². The molecule has 6 heavy (non-hydrogen) atoms. The second-order valence-electron chi connectivity index (χ2n) is 1.65. The summed E-state index contributed by atoms with van der Waals surface area (Å²) in [5.74, 6) is 0. The molecular formula is C6H9-. The normalized spacial score (nSPS) is 21.3. The topological polar surface area (TPSA) is 0 Å². The van der Waals surface area contributed by atoms with E-state index >= 15 is 0 Å². The molecule has 0 N–H and O–H groups in total. The van der Waals surface area contributed by atoms with Gasteiger partial charge in [-0.1, -0.05) is 19.3 Å². The van der Waals surface area contributed by atoms with Gasteiger partial charge in [-0.3, -0.25) is 6.08 Å². The van der Waals surface area contributed by atoms with Crippen LogP contribution in [0.25, 0.3) is 0 Å². The standard InChI is InChI=1S/C6H9/c1-2-4-6-5-3-1/h1H,2,4-6H2/q-1. The van der Waals surface area contributed by atoms with Gasteiger partial charge in [-0.15, -0.1) is 0 Å². The second-order valence-corrected chi connectivity index (χ2v) is 1.65. The van der Waals surface area contributed by atoms with Gasteiger partial charge >= 0.3 is 0 Å². The van der Waals surface area contributed by atoms with Crippen LogP contribution in [-0.2, 0) is 0 Å². The maximum atomic E-state index is 3.16. The Bertz CT molecular complexity index is 45.1. The van der Waals surface area contributed by atoms with Crippen molar-refractivity contribution in [3.63, 3.8) is 0 Å². The highest BCUT2D eigenvalue weighted by molar-refractivity contribution is 4.77. The maximum absolute atomic E-state index is 3.16. The molecule has 1 aliphatic carbocycles. The first-order valence-electron chi connectivity index (χ1n) is 2.55. The van der Waals surface area contributed by atoms with Gasteiger partial charge in [-0.2, -0.15) is 6.42 Å². The molecule has 0 nitrogen and oxygen atoms in total. The molecule has 0 saturated heterocycles. The largest absolute Gasteiger partial charge is 0.501 e. The predicted molar refractivity (Wildman–Crippen MR) is 26.3 cm³/mol. The Morgan fingerprint density at radius 2 is 2.33 bits per heavy atom. The molecule has 0 aliphatic heterocycles. The van der Waals surface area contributed by atoms with Crippen LogP contribution in [0.5, 0.6) is 0 Å². The van der Waals surface area contributed by atoms with Crippen LogP contribution in [0.1, 0.15) is 25.7 Å². The van der Waals surface area contributed by atoms with Gasteiger partial charge in [0.1, 0.15) is 0 Å². The summed E-state index contributed by atoms with van der Waals surface area (Å²) in [6.07, 6.45) is 10.5. The minimum Gasteiger partial charge on any atom is -0.501 e. The summed E-state index contributed by atoms with van der Waals surface area (Å²) in [4.78, 5) is 0. The third kappa shape index (κ3) is 0.852. The molecule has 1 rings (SSSR count). The highest BCUT2D eigenvalue weighted by Crippen LogP contribution is 2.06. The van der Waals surface area contributed by atoms with E-state index < -0.39 is 0 Å². The molecule has 0 saturated carbocycles. The molecule has 0 heterocycles. The highest BCUT2D eigenvalue weighted by atomic mass is 13.9. The van der Waals surface area contributed by atoms with E-state index in [1.165, 1.54) is 25.7 Å². The molecule has 0 aromatic rings. The quantitative estimate of drug-likeness (QED) is 0.391. The van der Waals surface area contributed by atoms with Gasteiger partial charge in [-0.25, -0.2) is 0 Å². The minimum atomic E-state index is 1.19. The summed E-state index contributed by atoms with van der Waals surface area (Å²) in [7, 11) is 0. The van der Waals surface area contributed by atoms with Crippen LogP contribution in [0.3, 0.4) is 0 Å². The number of hydrogen-bond donors (Lipinski definition) is 0. The third-order valence-corrected chi connectivity index (χ3v) is 1.06. The summed E-state index contributed by atoms with van der Waals surface area (Å²) in [6, 6.07) is 0. The third-order valence-electron chi connectivity index (χ3n) is 1.06. The van der Waals surface area contributed by atoms with E-state index in [9.17, 15) is 0 Å². The molecule has 0 aromatic heterocycles. The highest BCUT2D eigenvalue weighted by Gasteiger charge is 1.77. The van der Waals surface area contributed by atoms with Gasteiger partial charge in [0.2, 0.25) is 0 Å². The summed E-state index contributed by atoms with van der Waals surface area (Å²) < 4.78 is 0. The van der Waals surface area contributed by atoms with E-state index in [1.807, 2.05) is 0 Å². The van der Waals surface area contributed by atoms with Crippen molar-refractivity contribution in [3.05, 3.63) is 12.2 Å². The molecule has 0 aromatic carbocycles. The van der Waals surface area contributed by atoms with Gasteiger partial charge in [0.05, 0.1) is 0 Å². The Labute approximate surface area is 38.9 Å². The average Bonchev–Trinajstić information content (AvgIpc) is 1.72. The van der Waals surface area contributed by atoms with Gasteiger partial charge in [0.15, 0.2) is 0 Å². The van der Waals surface area contributed by atoms with E-state index in [2.05, 4.69) is 12.2 Å². The molecule has 34 valence electrons. The Morgan fingerprint density at radius 1 is 1.33 bits per heavy atom. The van der Waals surface area contributed by atoms with Crippen LogP contribution in [0.15, 0.2) is 6.08 Å². The smallest absolute Gasteiger partial charge is 0.0548 e. The van der Waals surface area contributed by atoms with Crippen molar-refractivity contribution in [2.24, 2.45) is 0 Å². The van der Waals surface area contributed by atoms with Crippen molar-refractivity contribution in [1.82, 2.24) is 0 Å². The molecular weight excluding hydrogens is 72.1 g/mol. The van der Waals surface area contributed by atoms with Crippen molar-refractivity contribution >= 4 is 0 Å². The molecule has 0 fully saturated rings. The number of rotatable bonds is 0. The van der Waals surface area contributed by atoms with Crippen LogP contribution in [0.4, 0.5) is 0 Å². The lowest BCUT2D eigenvalue weighted by Crippen LogP contribution is -1.78. The van der Waals surface area contributed by atoms with Gasteiger partial charge < -0.3 is 6.08 Å². The van der Waals surface area contributed by atoms with Crippen molar-refractivity contribution in [1.29, 1.82) is 0 Å². The van der Waals surface area contributed by atoms with Crippen molar-refractivity contribution in [2.75, 3.05) is 0 Å². The van der Waals surface area contributed by atoms with Crippen molar-refractivity contribution in [2.45, 2.75) is 25.7 Å². The fourth-order valence-corrected chi connectivity index (χ4v) is 0.678. The number of hydrogen-bond acceptors (Lipinski definition) is 0. The van der Waals surface area contributed by atoms with Crippen LogP contribution < -0.4 is 0 Å². The lowest BCUT2D eigenvalue weighted by molar-refractivity contribution is 0.718. The van der Waals surface area contributed by atoms with E-state index in [0.29, 0.717) is 0 Å². The zero-order valence-corrected chi connectivity index (χ0v) is 3.91.